The maximum atomic E-state index is 2.36. The van der Waals surface area contributed by atoms with Gasteiger partial charge >= 0.3 is 0 Å². The molecule has 0 heterocycles. The predicted molar refractivity (Wildman–Crippen MR) is 46.4 cm³/mol. The Hall–Kier alpha value is 0.217. The molecule has 0 bridgehead atoms. The van der Waals surface area contributed by atoms with E-state index in [0.29, 0.717) is 0 Å². The van der Waals surface area contributed by atoms with Gasteiger partial charge in [-0.05, 0) is 0 Å². The average molecular weight is 143 g/mol. The third kappa shape index (κ3) is 3.04. The van der Waals surface area contributed by atoms with Crippen molar-refractivity contribution in [2.45, 2.75) is 51.7 Å². The van der Waals surface area contributed by atoms with E-state index in [1.165, 1.54) is 6.04 Å². The highest BCUT2D eigenvalue weighted by atomic mass is 28.3. The van der Waals surface area contributed by atoms with Gasteiger partial charge in [-0.3, -0.25) is 0 Å². The molecular formula is C8H19Si. The summed E-state index contributed by atoms with van der Waals surface area (Å²) < 4.78 is 0. The van der Waals surface area contributed by atoms with Crippen LogP contribution in [-0.4, -0.2) is 8.80 Å². The lowest BCUT2D eigenvalue weighted by molar-refractivity contribution is 0.923. The summed E-state index contributed by atoms with van der Waals surface area (Å²) in [6.45, 7) is 11.8. The zero-order chi connectivity index (χ0) is 7.44. The lowest BCUT2D eigenvalue weighted by Gasteiger charge is -2.20. The standard InChI is InChI=1S/C8H19Si/c1-6-9(7(2)3)8(4)5/h7-8H,6H2,1-5H3. The van der Waals surface area contributed by atoms with Gasteiger partial charge in [0.05, 0.1) is 8.80 Å². The molecule has 9 heavy (non-hydrogen) atoms. The minimum Gasteiger partial charge on any atom is -0.0680 e. The van der Waals surface area contributed by atoms with Gasteiger partial charge in [0.1, 0.15) is 0 Å². The van der Waals surface area contributed by atoms with Crippen LogP contribution >= 0.6 is 0 Å². The third-order valence-electron chi connectivity index (χ3n) is 1.89. The molecule has 0 aromatic carbocycles. The molecule has 55 valence electrons. The summed E-state index contributed by atoms with van der Waals surface area (Å²) in [6.07, 6.45) is 0. The van der Waals surface area contributed by atoms with Gasteiger partial charge in [-0.1, -0.05) is 51.7 Å². The topological polar surface area (TPSA) is 0 Å². The van der Waals surface area contributed by atoms with Gasteiger partial charge in [-0.2, -0.15) is 0 Å². The first-order chi connectivity index (χ1) is 4.09. The van der Waals surface area contributed by atoms with Crippen molar-refractivity contribution in [3.05, 3.63) is 0 Å². The molecule has 0 nitrogen and oxygen atoms in total. The van der Waals surface area contributed by atoms with Gasteiger partial charge < -0.3 is 0 Å². The Labute approximate surface area is 61.3 Å². The number of rotatable bonds is 3. The molecule has 0 aliphatic rings. The molecule has 0 aliphatic carbocycles. The Balaban J connectivity index is 3.68. The van der Waals surface area contributed by atoms with E-state index < -0.39 is 0 Å². The second-order valence-corrected chi connectivity index (χ2v) is 7.40. The Bertz CT molecular complexity index is 59.0. The third-order valence-corrected chi connectivity index (χ3v) is 5.67. The highest BCUT2D eigenvalue weighted by Gasteiger charge is 2.16. The van der Waals surface area contributed by atoms with Crippen LogP contribution in [0.2, 0.25) is 17.1 Å². The van der Waals surface area contributed by atoms with Gasteiger partial charge in [-0.25, -0.2) is 0 Å². The zero-order valence-corrected chi connectivity index (χ0v) is 8.36. The van der Waals surface area contributed by atoms with Crippen molar-refractivity contribution in [2.75, 3.05) is 0 Å². The van der Waals surface area contributed by atoms with Crippen molar-refractivity contribution < 1.29 is 0 Å². The van der Waals surface area contributed by atoms with Gasteiger partial charge in [0.25, 0.3) is 0 Å². The van der Waals surface area contributed by atoms with E-state index in [2.05, 4.69) is 34.6 Å². The summed E-state index contributed by atoms with van der Waals surface area (Å²) >= 11 is 0. The monoisotopic (exact) mass is 143 g/mol. The highest BCUT2D eigenvalue weighted by molar-refractivity contribution is 6.61. The van der Waals surface area contributed by atoms with Gasteiger partial charge in [0, 0.05) is 0 Å². The molecule has 0 aromatic rings. The molecule has 0 aromatic heterocycles. The predicted octanol–water partition coefficient (Wildman–Crippen LogP) is 3.32. The first-order valence-corrected chi connectivity index (χ1v) is 5.81. The summed E-state index contributed by atoms with van der Waals surface area (Å²) in [7, 11) is -0.0180. The highest BCUT2D eigenvalue weighted by Crippen LogP contribution is 2.22. The van der Waals surface area contributed by atoms with Crippen LogP contribution in [0.3, 0.4) is 0 Å². The Morgan fingerprint density at radius 3 is 1.33 bits per heavy atom. The van der Waals surface area contributed by atoms with E-state index in [1.807, 2.05) is 0 Å². The maximum absolute atomic E-state index is 2.36. The summed E-state index contributed by atoms with van der Waals surface area (Å²) in [5.41, 5.74) is 1.92. The molecule has 0 N–H and O–H groups in total. The SMILES string of the molecule is CC[Si](C(C)C)C(C)C. The van der Waals surface area contributed by atoms with E-state index in [9.17, 15) is 0 Å². The molecule has 0 fully saturated rings. The smallest absolute Gasteiger partial charge is 0.0531 e. The molecular weight excluding hydrogens is 124 g/mol. The van der Waals surface area contributed by atoms with E-state index in [-0.39, 0.29) is 8.80 Å². The molecule has 0 spiro atoms. The van der Waals surface area contributed by atoms with E-state index >= 15 is 0 Å². The molecule has 0 atom stereocenters. The van der Waals surface area contributed by atoms with E-state index in [0.717, 1.165) is 11.1 Å². The van der Waals surface area contributed by atoms with Crippen LogP contribution in [0.15, 0.2) is 0 Å². The van der Waals surface area contributed by atoms with Crippen molar-refractivity contribution in [3.8, 4) is 0 Å². The fourth-order valence-corrected chi connectivity index (χ4v) is 4.45. The van der Waals surface area contributed by atoms with E-state index in [4.69, 9.17) is 0 Å². The molecule has 0 saturated carbocycles. The largest absolute Gasteiger partial charge is 0.0680 e. The molecule has 0 saturated heterocycles. The van der Waals surface area contributed by atoms with Crippen LogP contribution in [-0.2, 0) is 0 Å². The molecule has 0 amide bonds. The normalized spacial score (nSPS) is 12.0. The summed E-state index contributed by atoms with van der Waals surface area (Å²) in [5.74, 6) is 0. The summed E-state index contributed by atoms with van der Waals surface area (Å²) in [6, 6.07) is 1.43. The number of hydrogen-bond acceptors (Lipinski definition) is 0. The van der Waals surface area contributed by atoms with Crippen molar-refractivity contribution in [3.63, 3.8) is 0 Å². The number of hydrogen-bond donors (Lipinski definition) is 0. The second kappa shape index (κ2) is 4.10. The van der Waals surface area contributed by atoms with Crippen molar-refractivity contribution >= 4 is 8.80 Å². The molecule has 0 aliphatic heterocycles. The first kappa shape index (κ1) is 9.22. The van der Waals surface area contributed by atoms with Crippen molar-refractivity contribution in [1.29, 1.82) is 0 Å². The maximum Gasteiger partial charge on any atom is 0.0531 e. The summed E-state index contributed by atoms with van der Waals surface area (Å²) in [4.78, 5) is 0. The molecule has 0 unspecified atom stereocenters. The molecule has 0 rings (SSSR count). The van der Waals surface area contributed by atoms with Crippen LogP contribution in [0.5, 0.6) is 0 Å². The van der Waals surface area contributed by atoms with Gasteiger partial charge in [0.2, 0.25) is 0 Å². The van der Waals surface area contributed by atoms with Crippen LogP contribution in [0.25, 0.3) is 0 Å². The second-order valence-electron chi connectivity index (χ2n) is 3.24. The van der Waals surface area contributed by atoms with Gasteiger partial charge in [0.15, 0.2) is 0 Å². The van der Waals surface area contributed by atoms with Crippen molar-refractivity contribution in [2.24, 2.45) is 0 Å². The fraction of sp³-hybridized carbons (Fsp3) is 1.00. The Morgan fingerprint density at radius 1 is 1.00 bits per heavy atom. The quantitative estimate of drug-likeness (QED) is 0.532. The van der Waals surface area contributed by atoms with Gasteiger partial charge in [-0.15, -0.1) is 0 Å². The van der Waals surface area contributed by atoms with Crippen LogP contribution in [0.4, 0.5) is 0 Å². The Kier molecular flexibility index (Phi) is 4.20. The fourth-order valence-electron chi connectivity index (χ4n) is 1.48. The van der Waals surface area contributed by atoms with Crippen LogP contribution < -0.4 is 0 Å². The zero-order valence-electron chi connectivity index (χ0n) is 7.36. The van der Waals surface area contributed by atoms with E-state index in [1.54, 1.807) is 0 Å². The average Bonchev–Trinajstić information content (AvgIpc) is 1.64. The minimum atomic E-state index is -0.0180. The minimum absolute atomic E-state index is 0.0180. The van der Waals surface area contributed by atoms with Crippen molar-refractivity contribution in [1.82, 2.24) is 0 Å². The lowest BCUT2D eigenvalue weighted by atomic mass is 10.5. The Morgan fingerprint density at radius 2 is 1.33 bits per heavy atom. The summed E-state index contributed by atoms with van der Waals surface area (Å²) in [5, 5.41) is 0. The molecule has 1 radical (unpaired) electrons. The lowest BCUT2D eigenvalue weighted by Crippen LogP contribution is -2.18. The first-order valence-electron chi connectivity index (χ1n) is 3.95. The molecule has 1 heteroatoms. The van der Waals surface area contributed by atoms with Crippen LogP contribution in [0.1, 0.15) is 34.6 Å². The van der Waals surface area contributed by atoms with Crippen LogP contribution in [0, 0.1) is 0 Å².